The van der Waals surface area contributed by atoms with E-state index in [0.717, 1.165) is 22.3 Å². The molecule has 258 valence electrons. The second-order valence-corrected chi connectivity index (χ2v) is 12.2. The number of amides is 1. The van der Waals surface area contributed by atoms with Gasteiger partial charge in [-0.15, -0.1) is 0 Å². The molecule has 50 heavy (non-hydrogen) atoms. The van der Waals surface area contributed by atoms with Gasteiger partial charge in [-0.1, -0.05) is 68.3 Å². The smallest absolute Gasteiger partial charge is 0.379 e. The average Bonchev–Trinajstić information content (AvgIpc) is 3.08. The third-order valence-corrected chi connectivity index (χ3v) is 7.03. The predicted molar refractivity (Wildman–Crippen MR) is 191 cm³/mol. The number of aromatic nitrogens is 3. The summed E-state index contributed by atoms with van der Waals surface area (Å²) in [5.74, 6) is -2.90. The molecule has 1 amide bonds. The molecule has 0 aliphatic heterocycles. The summed E-state index contributed by atoms with van der Waals surface area (Å²) < 4.78 is 4.66. The summed E-state index contributed by atoms with van der Waals surface area (Å²) in [6.45, 7) is 12.5. The van der Waals surface area contributed by atoms with Gasteiger partial charge in [0.2, 0.25) is 5.91 Å². The van der Waals surface area contributed by atoms with Gasteiger partial charge in [0, 0.05) is 46.7 Å². The van der Waals surface area contributed by atoms with E-state index in [1.54, 1.807) is 52.9 Å². The van der Waals surface area contributed by atoms with Crippen LogP contribution in [0.15, 0.2) is 91.5 Å². The average molecular weight is 677 g/mol. The Hall–Kier alpha value is -6.10. The monoisotopic (exact) mass is 676 g/mol. The highest BCUT2D eigenvalue weighted by molar-refractivity contribution is 6.42. The van der Waals surface area contributed by atoms with Crippen LogP contribution in [0.25, 0.3) is 22.2 Å². The molecule has 3 heterocycles. The van der Waals surface area contributed by atoms with Gasteiger partial charge in [0.1, 0.15) is 0 Å². The topological polar surface area (TPSA) is 166 Å². The molecular formula is C39H40N4O7. The van der Waals surface area contributed by atoms with Gasteiger partial charge in [-0.25, -0.2) is 14.6 Å². The maximum Gasteiger partial charge on any atom is 0.379 e. The normalized spacial score (nSPS) is 10.5. The van der Waals surface area contributed by atoms with Crippen LogP contribution in [0.1, 0.15) is 76.8 Å². The van der Waals surface area contributed by atoms with Crippen molar-refractivity contribution in [2.24, 2.45) is 5.41 Å². The van der Waals surface area contributed by atoms with Gasteiger partial charge in [-0.3, -0.25) is 24.4 Å². The first-order chi connectivity index (χ1) is 23.6. The first-order valence-electron chi connectivity index (χ1n) is 15.7. The van der Waals surface area contributed by atoms with Crippen LogP contribution in [-0.2, 0) is 14.3 Å². The van der Waals surface area contributed by atoms with Crippen LogP contribution in [0.4, 0.5) is 5.69 Å². The summed E-state index contributed by atoms with van der Waals surface area (Å²) in [6.07, 6.45) is 5.81. The molecule has 2 aromatic carbocycles. The third-order valence-electron chi connectivity index (χ3n) is 7.03. The van der Waals surface area contributed by atoms with Crippen molar-refractivity contribution in [1.82, 2.24) is 15.0 Å². The number of carbonyl (C=O) groups excluding carboxylic acids is 4. The highest BCUT2D eigenvalue weighted by Gasteiger charge is 2.26. The maximum atomic E-state index is 11.9. The molecule has 0 saturated carbocycles. The number of rotatable bonds is 7. The third kappa shape index (κ3) is 10.7. The van der Waals surface area contributed by atoms with Crippen molar-refractivity contribution >= 4 is 46.0 Å². The summed E-state index contributed by atoms with van der Waals surface area (Å²) in [5, 5.41) is 12.5. The zero-order valence-electron chi connectivity index (χ0n) is 29.1. The van der Waals surface area contributed by atoms with Crippen LogP contribution in [-0.4, -0.2) is 56.1 Å². The fourth-order valence-electron chi connectivity index (χ4n) is 4.36. The van der Waals surface area contributed by atoms with Crippen LogP contribution in [0, 0.1) is 19.3 Å². The molecule has 0 unspecified atom stereocenters. The minimum absolute atomic E-state index is 0.0172. The maximum absolute atomic E-state index is 11.9. The van der Waals surface area contributed by atoms with E-state index in [9.17, 15) is 29.1 Å². The number of anilines is 1. The van der Waals surface area contributed by atoms with E-state index in [1.165, 1.54) is 24.7 Å². The fraction of sp³-hybridized carbons (Fsp3) is 0.231. The van der Waals surface area contributed by atoms with Gasteiger partial charge < -0.3 is 15.2 Å². The number of Topliss-reactive ketones (excluding diaryl/α,β-unsaturated/α-hetero) is 2. The molecule has 0 aliphatic rings. The standard InChI is InChI=1S/C16H12N2O2.C14H18N2O4.C9H10O/c1-10-3-2-4-11(7-10)15-8-12(16(19)20)13-9-17-6-5-14(13)18-15;1-5-20-12(18)11(17)9-8-15-7-6-10(9)16-13(19)14(2,3)4;1-7-4-3-5-9(6-7)8(2)10/h2-9H,1H3,(H,19,20);6-8H,5H2,1-4H3,(H,15,16,19);3-6H,1-2H3. The van der Waals surface area contributed by atoms with E-state index in [-0.39, 0.29) is 35.1 Å². The number of aryl methyl sites for hydroxylation is 2. The van der Waals surface area contributed by atoms with Gasteiger partial charge in [-0.05, 0) is 58.0 Å². The fourth-order valence-corrected chi connectivity index (χ4v) is 4.36. The Bertz CT molecular complexity index is 2030. The highest BCUT2D eigenvalue weighted by Crippen LogP contribution is 2.25. The minimum atomic E-state index is -0.973. The van der Waals surface area contributed by atoms with Crippen LogP contribution in [0.5, 0.6) is 0 Å². The van der Waals surface area contributed by atoms with Gasteiger partial charge >= 0.3 is 11.9 Å². The van der Waals surface area contributed by atoms with Crippen molar-refractivity contribution < 1.29 is 33.8 Å². The second kappa shape index (κ2) is 17.3. The number of benzene rings is 2. The molecule has 0 saturated heterocycles. The van der Waals surface area contributed by atoms with Crippen molar-refractivity contribution in [3.05, 3.63) is 119 Å². The second-order valence-electron chi connectivity index (χ2n) is 12.2. The van der Waals surface area contributed by atoms with E-state index in [4.69, 9.17) is 0 Å². The minimum Gasteiger partial charge on any atom is -0.478 e. The molecule has 0 radical (unpaired) electrons. The summed E-state index contributed by atoms with van der Waals surface area (Å²) in [4.78, 5) is 69.8. The van der Waals surface area contributed by atoms with Crippen molar-refractivity contribution in [3.63, 3.8) is 0 Å². The molecule has 11 heteroatoms. The van der Waals surface area contributed by atoms with E-state index in [0.29, 0.717) is 16.6 Å². The number of hydrogen-bond acceptors (Lipinski definition) is 9. The zero-order valence-corrected chi connectivity index (χ0v) is 29.1. The van der Waals surface area contributed by atoms with Gasteiger partial charge in [0.05, 0.1) is 34.6 Å². The van der Waals surface area contributed by atoms with Gasteiger partial charge in [0.25, 0.3) is 5.78 Å². The zero-order chi connectivity index (χ0) is 37.0. The molecular weight excluding hydrogens is 636 g/mol. The summed E-state index contributed by atoms with van der Waals surface area (Å²) >= 11 is 0. The SMILES string of the molecule is CC(=O)c1cccc(C)c1.CCOC(=O)C(=O)c1cnccc1NC(=O)C(C)(C)C.Cc1cccc(-c2cc(C(=O)O)c3cnccc3n2)c1. The van der Waals surface area contributed by atoms with E-state index >= 15 is 0 Å². The number of ketones is 2. The van der Waals surface area contributed by atoms with Crippen LogP contribution in [0.2, 0.25) is 0 Å². The number of nitrogens with one attached hydrogen (secondary N) is 1. The van der Waals surface area contributed by atoms with Gasteiger partial charge in [-0.2, -0.15) is 0 Å². The molecule has 0 atom stereocenters. The molecule has 11 nitrogen and oxygen atoms in total. The Labute approximate surface area is 290 Å². The lowest BCUT2D eigenvalue weighted by molar-refractivity contribution is -0.137. The number of esters is 1. The summed E-state index contributed by atoms with van der Waals surface area (Å²) in [5.41, 5.74) is 5.10. The first-order valence-corrected chi connectivity index (χ1v) is 15.7. The molecule has 2 N–H and O–H groups in total. The predicted octanol–water partition coefficient (Wildman–Crippen LogP) is 7.31. The molecule has 0 spiro atoms. The number of ether oxygens (including phenoxy) is 1. The Morgan fingerprint density at radius 2 is 1.46 bits per heavy atom. The lowest BCUT2D eigenvalue weighted by atomic mass is 9.95. The molecule has 0 bridgehead atoms. The van der Waals surface area contributed by atoms with E-state index in [1.807, 2.05) is 62.4 Å². The quantitative estimate of drug-likeness (QED) is 0.101. The number of carboxylic acid groups (broad SMARTS) is 1. The number of carbonyl (C=O) groups is 5. The van der Waals surface area contributed by atoms with Crippen molar-refractivity contribution in [1.29, 1.82) is 0 Å². The van der Waals surface area contributed by atoms with Crippen LogP contribution in [0.3, 0.4) is 0 Å². The molecule has 5 rings (SSSR count). The Morgan fingerprint density at radius 3 is 2.04 bits per heavy atom. The van der Waals surface area contributed by atoms with Crippen molar-refractivity contribution in [2.75, 3.05) is 11.9 Å². The Morgan fingerprint density at radius 1 is 0.820 bits per heavy atom. The number of carboxylic acids is 1. The number of fused-ring (bicyclic) bond motifs is 1. The lowest BCUT2D eigenvalue weighted by Gasteiger charge is -2.18. The largest absolute Gasteiger partial charge is 0.478 e. The number of pyridine rings is 3. The summed E-state index contributed by atoms with van der Waals surface area (Å²) in [7, 11) is 0. The number of nitrogens with zero attached hydrogens (tertiary/aromatic N) is 3. The summed E-state index contributed by atoms with van der Waals surface area (Å²) in [6, 6.07) is 20.2. The number of hydrogen-bond donors (Lipinski definition) is 2. The molecule has 0 fully saturated rings. The van der Waals surface area contributed by atoms with Gasteiger partial charge in [0.15, 0.2) is 5.78 Å². The molecule has 3 aromatic heterocycles. The Balaban J connectivity index is 0.000000214. The van der Waals surface area contributed by atoms with Crippen LogP contribution < -0.4 is 5.32 Å². The van der Waals surface area contributed by atoms with E-state index in [2.05, 4.69) is 25.0 Å². The first kappa shape index (κ1) is 38.3. The van der Waals surface area contributed by atoms with Crippen LogP contribution >= 0.6 is 0 Å². The number of aromatic carboxylic acids is 1. The highest BCUT2D eigenvalue weighted by atomic mass is 16.5. The lowest BCUT2D eigenvalue weighted by Crippen LogP contribution is -2.29. The van der Waals surface area contributed by atoms with E-state index < -0.39 is 23.1 Å². The van der Waals surface area contributed by atoms with Crippen molar-refractivity contribution in [2.45, 2.75) is 48.5 Å². The Kier molecular flexibility index (Phi) is 13.3. The molecule has 0 aliphatic carbocycles. The van der Waals surface area contributed by atoms with Crippen molar-refractivity contribution in [3.8, 4) is 11.3 Å². The molecule has 5 aromatic rings.